The lowest BCUT2D eigenvalue weighted by Gasteiger charge is -2.08. The van der Waals surface area contributed by atoms with Gasteiger partial charge < -0.3 is 10.6 Å². The van der Waals surface area contributed by atoms with Gasteiger partial charge in [-0.25, -0.2) is 4.98 Å². The molecule has 2 rings (SSSR count). The van der Waals surface area contributed by atoms with E-state index in [1.165, 1.54) is 6.33 Å². The Morgan fingerprint density at radius 3 is 3.00 bits per heavy atom. The zero-order valence-electron chi connectivity index (χ0n) is 11.8. The molecule has 0 spiro atoms. The molecule has 0 fully saturated rings. The van der Waals surface area contributed by atoms with Gasteiger partial charge in [0.1, 0.15) is 12.7 Å². The fourth-order valence-electron chi connectivity index (χ4n) is 1.84. The maximum Gasteiger partial charge on any atom is 0.238 e. The fourth-order valence-corrected chi connectivity index (χ4v) is 1.96. The number of aryl methyl sites for hydroxylation is 2. The molecule has 0 radical (unpaired) electrons. The third kappa shape index (κ3) is 5.17. The van der Waals surface area contributed by atoms with Crippen molar-refractivity contribution in [3.63, 3.8) is 0 Å². The Labute approximate surface area is 128 Å². The standard InChI is InChI=1S/C14H18ClN5O/c1-11-7-12(3-4-13(11)15)19-14(21)8-16-5-2-6-20-10-17-9-18-20/h3-4,7,9-10,16H,2,5-6,8H2,1H3,(H,19,21). The SMILES string of the molecule is Cc1cc(NC(=O)CNCCCn2cncn2)ccc1Cl. The summed E-state index contributed by atoms with van der Waals surface area (Å²) in [5.41, 5.74) is 1.70. The lowest BCUT2D eigenvalue weighted by Crippen LogP contribution is -2.29. The second-order valence-electron chi connectivity index (χ2n) is 4.70. The van der Waals surface area contributed by atoms with Crippen LogP contribution in [-0.2, 0) is 11.3 Å². The number of aromatic nitrogens is 3. The van der Waals surface area contributed by atoms with Crippen LogP contribution in [0.1, 0.15) is 12.0 Å². The molecule has 1 aromatic carbocycles. The maximum absolute atomic E-state index is 11.8. The summed E-state index contributed by atoms with van der Waals surface area (Å²) >= 11 is 5.94. The second-order valence-corrected chi connectivity index (χ2v) is 5.11. The number of carbonyl (C=O) groups excluding carboxylic acids is 1. The first-order valence-electron chi connectivity index (χ1n) is 6.74. The molecule has 0 aliphatic heterocycles. The summed E-state index contributed by atoms with van der Waals surface area (Å²) in [6.45, 7) is 3.71. The van der Waals surface area contributed by atoms with E-state index in [0.717, 1.165) is 30.8 Å². The number of amides is 1. The van der Waals surface area contributed by atoms with Crippen molar-refractivity contribution in [3.8, 4) is 0 Å². The average molecular weight is 308 g/mol. The van der Waals surface area contributed by atoms with Gasteiger partial charge in [-0.2, -0.15) is 5.10 Å². The van der Waals surface area contributed by atoms with Gasteiger partial charge in [-0.3, -0.25) is 9.48 Å². The van der Waals surface area contributed by atoms with Crippen molar-refractivity contribution in [3.05, 3.63) is 41.4 Å². The Morgan fingerprint density at radius 1 is 1.43 bits per heavy atom. The van der Waals surface area contributed by atoms with Crippen LogP contribution >= 0.6 is 11.6 Å². The highest BCUT2D eigenvalue weighted by atomic mass is 35.5. The molecule has 2 N–H and O–H groups in total. The van der Waals surface area contributed by atoms with Crippen LogP contribution in [0, 0.1) is 6.92 Å². The number of carbonyl (C=O) groups is 1. The molecule has 21 heavy (non-hydrogen) atoms. The highest BCUT2D eigenvalue weighted by Gasteiger charge is 2.03. The molecule has 112 valence electrons. The third-order valence-corrected chi connectivity index (χ3v) is 3.36. The quantitative estimate of drug-likeness (QED) is 0.766. The molecule has 1 heterocycles. The topological polar surface area (TPSA) is 71.8 Å². The minimum absolute atomic E-state index is 0.0718. The number of hydrogen-bond acceptors (Lipinski definition) is 4. The lowest BCUT2D eigenvalue weighted by molar-refractivity contribution is -0.115. The van der Waals surface area contributed by atoms with E-state index in [-0.39, 0.29) is 12.5 Å². The van der Waals surface area contributed by atoms with Crippen molar-refractivity contribution in [2.24, 2.45) is 0 Å². The Hall–Kier alpha value is -1.92. The van der Waals surface area contributed by atoms with Crippen LogP contribution in [0.15, 0.2) is 30.9 Å². The molecule has 0 saturated heterocycles. The predicted molar refractivity (Wildman–Crippen MR) is 82.3 cm³/mol. The minimum atomic E-state index is -0.0718. The molecule has 0 aliphatic carbocycles. The van der Waals surface area contributed by atoms with Gasteiger partial charge in [0, 0.05) is 17.3 Å². The summed E-state index contributed by atoms with van der Waals surface area (Å²) in [5, 5.41) is 10.6. The Balaban J connectivity index is 1.64. The number of hydrogen-bond donors (Lipinski definition) is 2. The van der Waals surface area contributed by atoms with Gasteiger partial charge in [-0.05, 0) is 43.7 Å². The highest BCUT2D eigenvalue weighted by Crippen LogP contribution is 2.19. The van der Waals surface area contributed by atoms with Gasteiger partial charge >= 0.3 is 0 Å². The van der Waals surface area contributed by atoms with Crippen LogP contribution < -0.4 is 10.6 Å². The third-order valence-electron chi connectivity index (χ3n) is 2.93. The summed E-state index contributed by atoms with van der Waals surface area (Å²) in [6.07, 6.45) is 4.07. The van der Waals surface area contributed by atoms with Crippen LogP contribution in [0.5, 0.6) is 0 Å². The molecule has 0 aliphatic rings. The van der Waals surface area contributed by atoms with Crippen LogP contribution in [-0.4, -0.2) is 33.8 Å². The molecule has 0 unspecified atom stereocenters. The van der Waals surface area contributed by atoms with Gasteiger partial charge in [0.25, 0.3) is 0 Å². The lowest BCUT2D eigenvalue weighted by atomic mass is 10.2. The van der Waals surface area contributed by atoms with Crippen LogP contribution in [0.25, 0.3) is 0 Å². The smallest absolute Gasteiger partial charge is 0.238 e. The predicted octanol–water partition coefficient (Wildman–Crippen LogP) is 1.86. The molecule has 0 saturated carbocycles. The van der Waals surface area contributed by atoms with Gasteiger partial charge in [-0.15, -0.1) is 0 Å². The van der Waals surface area contributed by atoms with E-state index in [9.17, 15) is 4.79 Å². The zero-order valence-corrected chi connectivity index (χ0v) is 12.6. The molecule has 1 amide bonds. The summed E-state index contributed by atoms with van der Waals surface area (Å²) in [5.74, 6) is -0.0718. The van der Waals surface area contributed by atoms with Crippen molar-refractivity contribution < 1.29 is 4.79 Å². The van der Waals surface area contributed by atoms with E-state index in [1.54, 1.807) is 23.1 Å². The van der Waals surface area contributed by atoms with Gasteiger partial charge in [0.2, 0.25) is 5.91 Å². The van der Waals surface area contributed by atoms with E-state index in [0.29, 0.717) is 5.02 Å². The molecule has 0 bridgehead atoms. The molecule has 6 nitrogen and oxygen atoms in total. The molecule has 1 aromatic heterocycles. The Morgan fingerprint density at radius 2 is 2.29 bits per heavy atom. The van der Waals surface area contributed by atoms with Crippen molar-refractivity contribution >= 4 is 23.2 Å². The molecule has 2 aromatic rings. The highest BCUT2D eigenvalue weighted by molar-refractivity contribution is 6.31. The van der Waals surface area contributed by atoms with Gasteiger partial charge in [0.05, 0.1) is 6.54 Å². The van der Waals surface area contributed by atoms with Crippen molar-refractivity contribution in [2.75, 3.05) is 18.4 Å². The summed E-state index contributed by atoms with van der Waals surface area (Å²) in [6, 6.07) is 5.42. The van der Waals surface area contributed by atoms with E-state index >= 15 is 0 Å². The van der Waals surface area contributed by atoms with Crippen LogP contribution in [0.3, 0.4) is 0 Å². The first-order valence-corrected chi connectivity index (χ1v) is 7.12. The average Bonchev–Trinajstić information content (AvgIpc) is 2.96. The van der Waals surface area contributed by atoms with E-state index in [1.807, 2.05) is 13.0 Å². The van der Waals surface area contributed by atoms with Crippen LogP contribution in [0.4, 0.5) is 5.69 Å². The number of rotatable bonds is 7. The zero-order chi connectivity index (χ0) is 15.1. The van der Waals surface area contributed by atoms with Gasteiger partial charge in [0.15, 0.2) is 0 Å². The summed E-state index contributed by atoms with van der Waals surface area (Å²) in [4.78, 5) is 15.6. The van der Waals surface area contributed by atoms with Crippen molar-refractivity contribution in [2.45, 2.75) is 19.9 Å². The second kappa shape index (κ2) is 7.75. The first-order chi connectivity index (χ1) is 10.1. The number of nitrogens with zero attached hydrogens (tertiary/aromatic N) is 3. The summed E-state index contributed by atoms with van der Waals surface area (Å²) < 4.78 is 1.76. The van der Waals surface area contributed by atoms with Crippen molar-refractivity contribution in [1.82, 2.24) is 20.1 Å². The van der Waals surface area contributed by atoms with Gasteiger partial charge in [-0.1, -0.05) is 11.6 Å². The normalized spacial score (nSPS) is 10.6. The number of benzene rings is 1. The van der Waals surface area contributed by atoms with E-state index < -0.39 is 0 Å². The molecule has 0 atom stereocenters. The summed E-state index contributed by atoms with van der Waals surface area (Å²) in [7, 11) is 0. The van der Waals surface area contributed by atoms with E-state index in [4.69, 9.17) is 11.6 Å². The largest absolute Gasteiger partial charge is 0.325 e. The Kier molecular flexibility index (Phi) is 5.71. The Bertz CT molecular complexity index is 585. The molecular formula is C14H18ClN5O. The number of halogens is 1. The minimum Gasteiger partial charge on any atom is -0.325 e. The van der Waals surface area contributed by atoms with E-state index in [2.05, 4.69) is 20.7 Å². The number of anilines is 1. The molecule has 7 heteroatoms. The monoisotopic (exact) mass is 307 g/mol. The van der Waals surface area contributed by atoms with Crippen LogP contribution in [0.2, 0.25) is 5.02 Å². The van der Waals surface area contributed by atoms with Crippen molar-refractivity contribution in [1.29, 1.82) is 0 Å². The fraction of sp³-hybridized carbons (Fsp3) is 0.357. The maximum atomic E-state index is 11.8. The number of nitrogens with one attached hydrogen (secondary N) is 2. The first kappa shape index (κ1) is 15.5. The molecular weight excluding hydrogens is 290 g/mol.